The molecule has 0 N–H and O–H groups in total. The van der Waals surface area contributed by atoms with Crippen LogP contribution in [0, 0.1) is 0 Å². The van der Waals surface area contributed by atoms with Crippen molar-refractivity contribution in [3.05, 3.63) is 95.1 Å². The van der Waals surface area contributed by atoms with Crippen molar-refractivity contribution in [1.29, 1.82) is 0 Å². The summed E-state index contributed by atoms with van der Waals surface area (Å²) < 4.78 is 12.0. The Kier molecular flexibility index (Phi) is 9.41. The van der Waals surface area contributed by atoms with Gasteiger partial charge in [0.25, 0.3) is 0 Å². The molecule has 5 rings (SSSR count). The van der Waals surface area contributed by atoms with E-state index >= 15 is 0 Å². The van der Waals surface area contributed by atoms with Crippen molar-refractivity contribution in [1.82, 2.24) is 4.90 Å². The number of rotatable bonds is 14. The number of fused-ring (bicyclic) bond motifs is 5. The molecule has 1 atom stereocenters. The van der Waals surface area contributed by atoms with E-state index in [-0.39, 0.29) is 11.7 Å². The van der Waals surface area contributed by atoms with E-state index in [1.807, 2.05) is 13.0 Å². The van der Waals surface area contributed by atoms with Crippen LogP contribution in [0.2, 0.25) is 0 Å². The zero-order chi connectivity index (χ0) is 28.8. The molecule has 0 saturated carbocycles. The van der Waals surface area contributed by atoms with Crippen molar-refractivity contribution < 1.29 is 14.3 Å². The Morgan fingerprint density at radius 2 is 1.46 bits per heavy atom. The molecule has 214 valence electrons. The molecule has 41 heavy (non-hydrogen) atoms. The lowest BCUT2D eigenvalue weighted by Gasteiger charge is -2.21. The minimum Gasteiger partial charge on any atom is -0.494 e. The number of hydrogen-bond donors (Lipinski definition) is 0. The number of ketones is 1. The van der Waals surface area contributed by atoms with Gasteiger partial charge < -0.3 is 9.47 Å². The highest BCUT2D eigenvalue weighted by atomic mass is 16.5. The molecule has 4 aromatic rings. The summed E-state index contributed by atoms with van der Waals surface area (Å²) in [4.78, 5) is 15.4. The van der Waals surface area contributed by atoms with Gasteiger partial charge in [0.1, 0.15) is 18.1 Å². The lowest BCUT2D eigenvalue weighted by molar-refractivity contribution is 0.0981. The molecule has 0 fully saturated rings. The van der Waals surface area contributed by atoms with Crippen LogP contribution in [0.25, 0.3) is 21.9 Å². The van der Waals surface area contributed by atoms with Gasteiger partial charge in [0.2, 0.25) is 0 Å². The second-order valence-corrected chi connectivity index (χ2v) is 11.0. The van der Waals surface area contributed by atoms with Crippen LogP contribution < -0.4 is 9.47 Å². The third-order valence-corrected chi connectivity index (χ3v) is 8.05. The average molecular weight is 550 g/mol. The van der Waals surface area contributed by atoms with Gasteiger partial charge in [0, 0.05) is 24.4 Å². The normalized spacial score (nSPS) is 13.8. The highest BCUT2D eigenvalue weighted by molar-refractivity contribution is 6.01. The second kappa shape index (κ2) is 13.4. The maximum absolute atomic E-state index is 12.9. The first kappa shape index (κ1) is 28.9. The summed E-state index contributed by atoms with van der Waals surface area (Å²) >= 11 is 0. The molecule has 1 unspecified atom stereocenters. The number of hydrogen-bond acceptors (Lipinski definition) is 4. The summed E-state index contributed by atoms with van der Waals surface area (Å²) in [5, 5.41) is 2.39. The number of carbonyl (C=O) groups excluding carboxylic acids is 1. The first-order valence-electron chi connectivity index (χ1n) is 15.4. The van der Waals surface area contributed by atoms with E-state index in [0.717, 1.165) is 56.0 Å². The number of nitrogens with zero attached hydrogens (tertiary/aromatic N) is 1. The van der Waals surface area contributed by atoms with Crippen molar-refractivity contribution in [2.24, 2.45) is 0 Å². The van der Waals surface area contributed by atoms with Gasteiger partial charge in [0.05, 0.1) is 6.61 Å². The van der Waals surface area contributed by atoms with Gasteiger partial charge in [-0.15, -0.1) is 0 Å². The monoisotopic (exact) mass is 549 g/mol. The van der Waals surface area contributed by atoms with Crippen LogP contribution in [0.5, 0.6) is 11.5 Å². The third-order valence-electron chi connectivity index (χ3n) is 8.05. The summed E-state index contributed by atoms with van der Waals surface area (Å²) in [6.07, 6.45) is 3.74. The molecule has 0 aliphatic heterocycles. The Morgan fingerprint density at radius 3 is 2.17 bits per heavy atom. The Balaban J connectivity index is 1.50. The van der Waals surface area contributed by atoms with Crippen LogP contribution >= 0.6 is 0 Å². The fourth-order valence-corrected chi connectivity index (χ4v) is 6.24. The average Bonchev–Trinajstić information content (AvgIpc) is 3.32. The van der Waals surface area contributed by atoms with Crippen LogP contribution in [0.1, 0.15) is 86.3 Å². The lowest BCUT2D eigenvalue weighted by atomic mass is 9.86. The maximum Gasteiger partial charge on any atom is 0.162 e. The van der Waals surface area contributed by atoms with Crippen LogP contribution in [0.4, 0.5) is 0 Å². The highest BCUT2D eigenvalue weighted by Gasteiger charge is 2.32. The highest BCUT2D eigenvalue weighted by Crippen LogP contribution is 2.51. The Labute approximate surface area is 245 Å². The minimum absolute atomic E-state index is 0.0367. The second-order valence-electron chi connectivity index (χ2n) is 11.0. The van der Waals surface area contributed by atoms with Crippen molar-refractivity contribution in [2.75, 3.05) is 32.8 Å². The SMILES string of the molecule is CCCC(=O)c1ccc2c(c1)C(c1ccc(OCCN(CCC)CCC)cc1)c1c-2ccc2cc(OCC)ccc12. The Hall–Kier alpha value is -3.63. The van der Waals surface area contributed by atoms with E-state index in [2.05, 4.69) is 92.4 Å². The molecular formula is C37H43NO3. The van der Waals surface area contributed by atoms with Gasteiger partial charge in [-0.2, -0.15) is 0 Å². The van der Waals surface area contributed by atoms with E-state index in [1.54, 1.807) is 0 Å². The third kappa shape index (κ3) is 6.18. The predicted octanol–water partition coefficient (Wildman–Crippen LogP) is 8.88. The molecule has 0 saturated heterocycles. The first-order chi connectivity index (χ1) is 20.1. The van der Waals surface area contributed by atoms with Crippen LogP contribution in [0.3, 0.4) is 0 Å². The largest absolute Gasteiger partial charge is 0.494 e. The van der Waals surface area contributed by atoms with Gasteiger partial charge in [-0.05, 0) is 108 Å². The molecule has 0 radical (unpaired) electrons. The van der Waals surface area contributed by atoms with E-state index < -0.39 is 0 Å². The molecule has 0 aromatic heterocycles. The van der Waals surface area contributed by atoms with Gasteiger partial charge in [-0.25, -0.2) is 0 Å². The molecular weight excluding hydrogens is 506 g/mol. The fraction of sp³-hybridized carbons (Fsp3) is 0.378. The first-order valence-corrected chi connectivity index (χ1v) is 15.4. The molecule has 0 spiro atoms. The summed E-state index contributed by atoms with van der Waals surface area (Å²) in [6.45, 7) is 13.0. The van der Waals surface area contributed by atoms with E-state index in [1.165, 1.54) is 38.6 Å². The number of ether oxygens (including phenoxy) is 2. The summed E-state index contributed by atoms with van der Waals surface area (Å²) in [7, 11) is 0. The number of carbonyl (C=O) groups is 1. The molecule has 1 aliphatic rings. The molecule has 1 aliphatic carbocycles. The number of benzene rings is 4. The van der Waals surface area contributed by atoms with Gasteiger partial charge in [0.15, 0.2) is 5.78 Å². The minimum atomic E-state index is 0.0367. The van der Waals surface area contributed by atoms with Crippen molar-refractivity contribution in [3.8, 4) is 22.6 Å². The number of Topliss-reactive ketones (excluding diaryl/α,β-unsaturated/α-hetero) is 1. The van der Waals surface area contributed by atoms with Crippen molar-refractivity contribution in [3.63, 3.8) is 0 Å². The van der Waals surface area contributed by atoms with Crippen molar-refractivity contribution >= 4 is 16.6 Å². The Bertz CT molecular complexity index is 1480. The summed E-state index contributed by atoms with van der Waals surface area (Å²) in [6, 6.07) is 25.7. The van der Waals surface area contributed by atoms with E-state index in [4.69, 9.17) is 9.47 Å². The smallest absolute Gasteiger partial charge is 0.162 e. The molecule has 0 amide bonds. The van der Waals surface area contributed by atoms with Crippen LogP contribution in [-0.4, -0.2) is 43.5 Å². The molecule has 0 heterocycles. The topological polar surface area (TPSA) is 38.8 Å². The molecule has 4 nitrogen and oxygen atoms in total. The van der Waals surface area contributed by atoms with Crippen LogP contribution in [0.15, 0.2) is 72.8 Å². The van der Waals surface area contributed by atoms with Gasteiger partial charge >= 0.3 is 0 Å². The van der Waals surface area contributed by atoms with E-state index in [0.29, 0.717) is 19.6 Å². The zero-order valence-electron chi connectivity index (χ0n) is 25.0. The zero-order valence-corrected chi connectivity index (χ0v) is 25.0. The van der Waals surface area contributed by atoms with Crippen molar-refractivity contribution in [2.45, 2.75) is 59.3 Å². The maximum atomic E-state index is 12.9. The predicted molar refractivity (Wildman–Crippen MR) is 170 cm³/mol. The van der Waals surface area contributed by atoms with E-state index in [9.17, 15) is 4.79 Å². The summed E-state index contributed by atoms with van der Waals surface area (Å²) in [5.41, 5.74) is 6.95. The van der Waals surface area contributed by atoms with Gasteiger partial charge in [-0.1, -0.05) is 63.2 Å². The quantitative estimate of drug-likeness (QED) is 0.130. The fourth-order valence-electron chi connectivity index (χ4n) is 6.24. The van der Waals surface area contributed by atoms with Crippen LogP contribution in [-0.2, 0) is 0 Å². The standard InChI is InChI=1S/C37H43NO3/c1-5-9-35(39)28-13-17-32-33-18-12-27-24-30(40-8-4)16-19-31(27)37(33)36(34(32)25-28)26-10-14-29(15-11-26)41-23-22-38(20-6-2)21-7-3/h10-19,24-25,36H,5-9,20-23H2,1-4H3. The summed E-state index contributed by atoms with van der Waals surface area (Å²) in [5.74, 6) is 2.03. The molecule has 0 bridgehead atoms. The van der Waals surface area contributed by atoms with Gasteiger partial charge in [-0.3, -0.25) is 9.69 Å². The lowest BCUT2D eigenvalue weighted by Crippen LogP contribution is -2.30. The molecule has 4 aromatic carbocycles. The Morgan fingerprint density at radius 1 is 0.732 bits per heavy atom. The molecule has 4 heteroatoms.